The van der Waals surface area contributed by atoms with Crippen LogP contribution in [0.25, 0.3) is 0 Å². The SMILES string of the molecule is CCCSC1=C(C(=O)O)N2C(=O)[C@@H](C(C)O[Si](C)(C)C(C)(C)C)[C@@H]2S1. The first-order valence-electron chi connectivity index (χ1n) is 8.70. The van der Waals surface area contributed by atoms with E-state index in [1.54, 1.807) is 0 Å². The smallest absolute Gasteiger partial charge is 0.354 e. The Labute approximate surface area is 160 Å². The molecule has 8 heteroatoms. The second-order valence-electron chi connectivity index (χ2n) is 8.12. The number of carboxylic acids is 1. The van der Waals surface area contributed by atoms with Gasteiger partial charge in [0.25, 0.3) is 0 Å². The number of amides is 1. The second kappa shape index (κ2) is 7.29. The van der Waals surface area contributed by atoms with Crippen LogP contribution in [0.2, 0.25) is 18.1 Å². The summed E-state index contributed by atoms with van der Waals surface area (Å²) in [6.45, 7) is 14.9. The Morgan fingerprint density at radius 1 is 1.44 bits per heavy atom. The highest BCUT2D eigenvalue weighted by Gasteiger charge is 2.59. The first-order chi connectivity index (χ1) is 11.4. The largest absolute Gasteiger partial charge is 0.477 e. The van der Waals surface area contributed by atoms with Crippen molar-refractivity contribution in [3.8, 4) is 0 Å². The maximum Gasteiger partial charge on any atom is 0.354 e. The standard InChI is InChI=1S/C17H29NO4S2Si/c1-8-9-23-16-12(15(20)21)18-13(19)11(14(18)24-16)10(2)22-25(6,7)17(3,4)5/h10-11,14H,8-9H2,1-7H3,(H,20,21)/t10?,11-,14+/m1/s1. The van der Waals surface area contributed by atoms with Crippen LogP contribution < -0.4 is 0 Å². The minimum atomic E-state index is -1.98. The number of fused-ring (bicyclic) bond motifs is 1. The van der Waals surface area contributed by atoms with E-state index in [2.05, 4.69) is 40.8 Å². The normalized spacial score (nSPS) is 25.1. The van der Waals surface area contributed by atoms with E-state index in [1.807, 2.05) is 6.92 Å². The van der Waals surface area contributed by atoms with Crippen molar-refractivity contribution in [1.29, 1.82) is 0 Å². The summed E-state index contributed by atoms with van der Waals surface area (Å²) in [5.74, 6) is -0.547. The quantitative estimate of drug-likeness (QED) is 0.504. The Morgan fingerprint density at radius 3 is 2.52 bits per heavy atom. The molecule has 142 valence electrons. The van der Waals surface area contributed by atoms with E-state index in [-0.39, 0.29) is 34.0 Å². The van der Waals surface area contributed by atoms with Gasteiger partial charge in [-0.2, -0.15) is 0 Å². The molecule has 0 aromatic carbocycles. The van der Waals surface area contributed by atoms with Gasteiger partial charge in [0.1, 0.15) is 5.37 Å². The van der Waals surface area contributed by atoms with Crippen LogP contribution in [0, 0.1) is 5.92 Å². The number of carbonyl (C=O) groups is 2. The van der Waals surface area contributed by atoms with Gasteiger partial charge in [0, 0.05) is 0 Å². The van der Waals surface area contributed by atoms with Crippen LogP contribution in [-0.2, 0) is 14.0 Å². The topological polar surface area (TPSA) is 66.8 Å². The van der Waals surface area contributed by atoms with Crippen molar-refractivity contribution < 1.29 is 19.1 Å². The summed E-state index contributed by atoms with van der Waals surface area (Å²) in [6, 6.07) is 0. The lowest BCUT2D eigenvalue weighted by molar-refractivity contribution is -0.156. The molecular formula is C17H29NO4S2Si. The third kappa shape index (κ3) is 3.82. The van der Waals surface area contributed by atoms with E-state index < -0.39 is 14.3 Å². The van der Waals surface area contributed by atoms with Gasteiger partial charge in [-0.05, 0) is 37.2 Å². The Balaban J connectivity index is 2.14. The fraction of sp³-hybridized carbons (Fsp3) is 0.765. The Morgan fingerprint density at radius 2 is 2.04 bits per heavy atom. The zero-order valence-electron chi connectivity index (χ0n) is 16.1. The highest BCUT2D eigenvalue weighted by atomic mass is 32.2. The summed E-state index contributed by atoms with van der Waals surface area (Å²) >= 11 is 3.05. The Bertz CT molecular complexity index is 600. The van der Waals surface area contributed by atoms with Gasteiger partial charge in [-0.3, -0.25) is 9.69 Å². The second-order valence-corrected chi connectivity index (χ2v) is 15.4. The summed E-state index contributed by atoms with van der Waals surface area (Å²) in [4.78, 5) is 25.8. The number of rotatable bonds is 7. The van der Waals surface area contributed by atoms with E-state index in [0.29, 0.717) is 0 Å². The number of nitrogens with zero attached hydrogens (tertiary/aromatic N) is 1. The third-order valence-electron chi connectivity index (χ3n) is 5.18. The van der Waals surface area contributed by atoms with Crippen molar-refractivity contribution in [1.82, 2.24) is 4.90 Å². The molecule has 0 aromatic heterocycles. The fourth-order valence-corrected chi connectivity index (χ4v) is 7.02. The minimum absolute atomic E-state index is 0.0726. The molecule has 2 aliphatic rings. The van der Waals surface area contributed by atoms with E-state index in [0.717, 1.165) is 16.4 Å². The summed E-state index contributed by atoms with van der Waals surface area (Å²) in [5, 5.41) is 9.47. The number of hydrogen-bond donors (Lipinski definition) is 1. The van der Waals surface area contributed by atoms with Crippen molar-refractivity contribution >= 4 is 43.7 Å². The molecule has 3 atom stereocenters. The van der Waals surface area contributed by atoms with Crippen LogP contribution in [0.15, 0.2) is 9.93 Å². The molecule has 2 aliphatic heterocycles. The maximum absolute atomic E-state index is 12.7. The molecule has 25 heavy (non-hydrogen) atoms. The number of carbonyl (C=O) groups excluding carboxylic acids is 1. The molecule has 1 N–H and O–H groups in total. The third-order valence-corrected chi connectivity index (χ3v) is 12.6. The van der Waals surface area contributed by atoms with Crippen molar-refractivity contribution in [2.75, 3.05) is 5.75 Å². The molecule has 1 saturated heterocycles. The van der Waals surface area contributed by atoms with Crippen molar-refractivity contribution in [3.63, 3.8) is 0 Å². The number of carboxylic acid groups (broad SMARTS) is 1. The van der Waals surface area contributed by atoms with Crippen LogP contribution in [0.5, 0.6) is 0 Å². The molecule has 0 spiro atoms. The van der Waals surface area contributed by atoms with Crippen molar-refractivity contribution in [2.24, 2.45) is 5.92 Å². The molecule has 0 aliphatic carbocycles. The van der Waals surface area contributed by atoms with E-state index >= 15 is 0 Å². The lowest BCUT2D eigenvalue weighted by atomic mass is 9.92. The van der Waals surface area contributed by atoms with Gasteiger partial charge < -0.3 is 9.53 Å². The van der Waals surface area contributed by atoms with Crippen LogP contribution in [-0.4, -0.2) is 47.4 Å². The van der Waals surface area contributed by atoms with E-state index in [9.17, 15) is 14.7 Å². The van der Waals surface area contributed by atoms with Gasteiger partial charge in [0.2, 0.25) is 5.91 Å². The summed E-state index contributed by atoms with van der Waals surface area (Å²) < 4.78 is 7.16. The zero-order chi connectivity index (χ0) is 19.2. The summed E-state index contributed by atoms with van der Waals surface area (Å²) in [5.41, 5.74) is 0.161. The number of β-lactam (4-membered cyclic amide) rings is 1. The van der Waals surface area contributed by atoms with Crippen LogP contribution in [0.3, 0.4) is 0 Å². The molecule has 0 radical (unpaired) electrons. The van der Waals surface area contributed by atoms with Crippen molar-refractivity contribution in [2.45, 2.75) is 70.6 Å². The van der Waals surface area contributed by atoms with E-state index in [4.69, 9.17) is 4.43 Å². The summed E-state index contributed by atoms with van der Waals surface area (Å²) in [6.07, 6.45) is 0.766. The van der Waals surface area contributed by atoms with Gasteiger partial charge in [-0.1, -0.05) is 39.5 Å². The predicted molar refractivity (Wildman–Crippen MR) is 107 cm³/mol. The molecule has 1 unspecified atom stereocenters. The molecule has 5 nitrogen and oxygen atoms in total. The Hall–Kier alpha value is -0.443. The minimum Gasteiger partial charge on any atom is -0.477 e. The van der Waals surface area contributed by atoms with E-state index in [1.165, 1.54) is 28.4 Å². The molecule has 2 heterocycles. The monoisotopic (exact) mass is 403 g/mol. The molecule has 0 aromatic rings. The van der Waals surface area contributed by atoms with Crippen LogP contribution in [0.1, 0.15) is 41.0 Å². The predicted octanol–water partition coefficient (Wildman–Crippen LogP) is 4.32. The highest BCUT2D eigenvalue weighted by Crippen LogP contribution is 2.54. The zero-order valence-corrected chi connectivity index (χ0v) is 18.7. The van der Waals surface area contributed by atoms with Gasteiger partial charge in [0.15, 0.2) is 14.0 Å². The Kier molecular flexibility index (Phi) is 6.08. The van der Waals surface area contributed by atoms with Crippen molar-refractivity contribution in [3.05, 3.63) is 9.93 Å². The van der Waals surface area contributed by atoms with Gasteiger partial charge in [0.05, 0.1) is 16.3 Å². The van der Waals surface area contributed by atoms with Gasteiger partial charge >= 0.3 is 5.97 Å². The highest BCUT2D eigenvalue weighted by molar-refractivity contribution is 8.22. The molecule has 1 fully saturated rings. The average molecular weight is 404 g/mol. The molecule has 1 amide bonds. The number of thioether (sulfide) groups is 2. The van der Waals surface area contributed by atoms with Crippen LogP contribution in [0.4, 0.5) is 0 Å². The van der Waals surface area contributed by atoms with Gasteiger partial charge in [-0.15, -0.1) is 11.8 Å². The molecule has 0 saturated carbocycles. The van der Waals surface area contributed by atoms with Gasteiger partial charge in [-0.25, -0.2) is 4.79 Å². The molecular weight excluding hydrogens is 374 g/mol. The first kappa shape index (κ1) is 20.9. The lowest BCUT2D eigenvalue weighted by Gasteiger charge is -2.48. The first-order valence-corrected chi connectivity index (χ1v) is 13.5. The van der Waals surface area contributed by atoms with Crippen LogP contribution >= 0.6 is 23.5 Å². The number of aliphatic carboxylic acids is 1. The summed E-state index contributed by atoms with van der Waals surface area (Å²) in [7, 11) is -1.98. The number of hydrogen-bond acceptors (Lipinski definition) is 5. The average Bonchev–Trinajstić information content (AvgIpc) is 2.77. The molecule has 2 rings (SSSR count). The maximum atomic E-state index is 12.7. The fourth-order valence-electron chi connectivity index (χ4n) is 2.75. The molecule has 0 bridgehead atoms. The lowest BCUT2D eigenvalue weighted by Crippen LogP contribution is -2.62.